The monoisotopic (exact) mass is 315 g/mol. The molecular weight excluding hydrogens is 294 g/mol. The first kappa shape index (κ1) is 15.0. The highest BCUT2D eigenvalue weighted by atomic mass is 32.1. The second kappa shape index (κ2) is 6.87. The third-order valence-corrected chi connectivity index (χ3v) is 4.26. The Morgan fingerprint density at radius 2 is 1.82 bits per heavy atom. The summed E-state index contributed by atoms with van der Waals surface area (Å²) in [5.41, 5.74) is 2.36. The maximum absolute atomic E-state index is 5.13. The van der Waals surface area contributed by atoms with Crippen molar-refractivity contribution in [1.82, 2.24) is 14.9 Å². The topological polar surface area (TPSA) is 49.2 Å². The maximum Gasteiger partial charge on any atom is 0.216 e. The van der Waals surface area contributed by atoms with Crippen LogP contribution in [0.3, 0.4) is 0 Å². The Morgan fingerprint density at radius 1 is 1.14 bits per heavy atom. The summed E-state index contributed by atoms with van der Waals surface area (Å²) >= 11 is 5.13. The van der Waals surface area contributed by atoms with E-state index in [0.29, 0.717) is 4.77 Å². The third kappa shape index (κ3) is 3.44. The first-order chi connectivity index (χ1) is 10.7. The Bertz CT molecular complexity index is 690. The number of nitrogens with one attached hydrogen (secondary N) is 1. The lowest BCUT2D eigenvalue weighted by Gasteiger charge is -2.22. The minimum absolute atomic E-state index is 0.509. The van der Waals surface area contributed by atoms with Gasteiger partial charge in [-0.25, -0.2) is 0 Å². The normalized spacial score (nSPS) is 16.1. The summed E-state index contributed by atoms with van der Waals surface area (Å²) in [7, 11) is 0. The van der Waals surface area contributed by atoms with Gasteiger partial charge in [0.15, 0.2) is 0 Å². The predicted octanol–water partition coefficient (Wildman–Crippen LogP) is 3.51. The van der Waals surface area contributed by atoms with Gasteiger partial charge in [0.2, 0.25) is 4.77 Å². The fourth-order valence-electron chi connectivity index (χ4n) is 2.73. The van der Waals surface area contributed by atoms with Crippen LogP contribution in [-0.2, 0) is 0 Å². The van der Waals surface area contributed by atoms with Crippen LogP contribution in [-0.4, -0.2) is 34.2 Å². The molecule has 0 saturated carbocycles. The molecule has 1 saturated heterocycles. The highest BCUT2D eigenvalue weighted by molar-refractivity contribution is 7.71. The van der Waals surface area contributed by atoms with Crippen LogP contribution in [0.2, 0.25) is 0 Å². The zero-order valence-corrected chi connectivity index (χ0v) is 13.6. The molecule has 0 amide bonds. The molecule has 1 aliphatic heterocycles. The second-order valence-electron chi connectivity index (χ2n) is 5.63. The van der Waals surface area contributed by atoms with Crippen molar-refractivity contribution in [2.24, 2.45) is 5.10 Å². The molecule has 1 aromatic carbocycles. The molecule has 1 aliphatic rings. The van der Waals surface area contributed by atoms with E-state index in [1.54, 1.807) is 4.68 Å². The van der Waals surface area contributed by atoms with Gasteiger partial charge in [0.05, 0.1) is 6.21 Å². The van der Waals surface area contributed by atoms with Crippen molar-refractivity contribution in [3.63, 3.8) is 0 Å². The van der Waals surface area contributed by atoms with Gasteiger partial charge in [-0.2, -0.15) is 14.9 Å². The van der Waals surface area contributed by atoms with Crippen molar-refractivity contribution in [3.05, 3.63) is 40.4 Å². The molecule has 2 heterocycles. The van der Waals surface area contributed by atoms with E-state index in [1.807, 2.05) is 13.1 Å². The highest BCUT2D eigenvalue weighted by Crippen LogP contribution is 2.19. The zero-order chi connectivity index (χ0) is 15.4. The molecule has 1 N–H and O–H groups in total. The number of rotatable bonds is 3. The van der Waals surface area contributed by atoms with E-state index in [1.165, 1.54) is 31.4 Å². The van der Waals surface area contributed by atoms with E-state index in [4.69, 9.17) is 12.2 Å². The first-order valence-corrected chi connectivity index (χ1v) is 8.18. The van der Waals surface area contributed by atoms with E-state index >= 15 is 0 Å². The van der Waals surface area contributed by atoms with Crippen LogP contribution < -0.4 is 4.90 Å². The van der Waals surface area contributed by atoms with Crippen molar-refractivity contribution < 1.29 is 0 Å². The summed E-state index contributed by atoms with van der Waals surface area (Å²) in [4.78, 5) is 2.48. The van der Waals surface area contributed by atoms with E-state index in [9.17, 15) is 0 Å². The molecule has 0 atom stereocenters. The largest absolute Gasteiger partial charge is 0.372 e. The average molecular weight is 315 g/mol. The van der Waals surface area contributed by atoms with Crippen LogP contribution in [0.4, 0.5) is 5.69 Å². The Labute approximate surface area is 135 Å². The number of aryl methyl sites for hydroxylation is 1. The number of benzene rings is 1. The van der Waals surface area contributed by atoms with Gasteiger partial charge in [-0.15, -0.1) is 0 Å². The summed E-state index contributed by atoms with van der Waals surface area (Å²) < 4.78 is 2.13. The number of nitrogens with zero attached hydrogens (tertiary/aromatic N) is 4. The van der Waals surface area contributed by atoms with Gasteiger partial charge in [0.25, 0.3) is 0 Å². The molecule has 0 spiro atoms. The number of hydrogen-bond acceptors (Lipinski definition) is 4. The fourth-order valence-corrected chi connectivity index (χ4v) is 2.96. The summed E-state index contributed by atoms with van der Waals surface area (Å²) in [5, 5.41) is 11.1. The first-order valence-electron chi connectivity index (χ1n) is 7.77. The molecule has 0 bridgehead atoms. The van der Waals surface area contributed by atoms with E-state index in [0.717, 1.165) is 24.5 Å². The van der Waals surface area contributed by atoms with Crippen LogP contribution in [0, 0.1) is 11.7 Å². The minimum atomic E-state index is 0.509. The van der Waals surface area contributed by atoms with E-state index in [-0.39, 0.29) is 0 Å². The van der Waals surface area contributed by atoms with Gasteiger partial charge in [0, 0.05) is 18.8 Å². The van der Waals surface area contributed by atoms with Crippen molar-refractivity contribution in [2.45, 2.75) is 32.6 Å². The van der Waals surface area contributed by atoms with E-state index in [2.05, 4.69) is 44.5 Å². The number of aromatic amines is 1. The van der Waals surface area contributed by atoms with Crippen molar-refractivity contribution in [1.29, 1.82) is 0 Å². The average Bonchev–Trinajstić information content (AvgIpc) is 2.74. The van der Waals surface area contributed by atoms with Gasteiger partial charge < -0.3 is 4.90 Å². The smallest absolute Gasteiger partial charge is 0.216 e. The Balaban J connectivity index is 1.72. The van der Waals surface area contributed by atoms with Gasteiger partial charge in [0.1, 0.15) is 5.82 Å². The molecular formula is C16H21N5S. The maximum atomic E-state index is 5.13. The molecule has 6 heteroatoms. The lowest BCUT2D eigenvalue weighted by molar-refractivity contribution is 0.726. The predicted molar refractivity (Wildman–Crippen MR) is 92.3 cm³/mol. The number of aromatic nitrogens is 3. The SMILES string of the molecule is Cc1n[nH]c(=S)n1/N=C\c1ccc(N2CCCCCC2)cc1. The lowest BCUT2D eigenvalue weighted by atomic mass is 10.2. The van der Waals surface area contributed by atoms with Crippen LogP contribution in [0.15, 0.2) is 29.4 Å². The van der Waals surface area contributed by atoms with Crippen molar-refractivity contribution in [2.75, 3.05) is 18.0 Å². The number of H-pyrrole nitrogens is 1. The molecule has 3 rings (SSSR count). The van der Waals surface area contributed by atoms with Crippen LogP contribution in [0.5, 0.6) is 0 Å². The molecule has 0 aliphatic carbocycles. The quantitative estimate of drug-likeness (QED) is 0.696. The molecule has 22 heavy (non-hydrogen) atoms. The second-order valence-corrected chi connectivity index (χ2v) is 6.01. The minimum Gasteiger partial charge on any atom is -0.372 e. The standard InChI is InChI=1S/C16H21N5S/c1-13-18-19-16(22)21(13)17-12-14-6-8-15(9-7-14)20-10-4-2-3-5-11-20/h6-9,12H,2-5,10-11H2,1H3,(H,19,22)/b17-12-. The Kier molecular flexibility index (Phi) is 4.68. The van der Waals surface area contributed by atoms with Gasteiger partial charge in [-0.1, -0.05) is 25.0 Å². The molecule has 0 radical (unpaired) electrons. The molecule has 1 fully saturated rings. The van der Waals surface area contributed by atoms with Gasteiger partial charge >= 0.3 is 0 Å². The molecule has 116 valence electrons. The third-order valence-electron chi connectivity index (χ3n) is 4.00. The van der Waals surface area contributed by atoms with Gasteiger partial charge in [-0.05, 0) is 49.7 Å². The van der Waals surface area contributed by atoms with Gasteiger partial charge in [-0.3, -0.25) is 5.10 Å². The van der Waals surface area contributed by atoms with Crippen LogP contribution in [0.1, 0.15) is 37.1 Å². The molecule has 1 aromatic heterocycles. The summed E-state index contributed by atoms with van der Waals surface area (Å²) in [6.45, 7) is 4.19. The van der Waals surface area contributed by atoms with Crippen LogP contribution >= 0.6 is 12.2 Å². The molecule has 0 unspecified atom stereocenters. The van der Waals surface area contributed by atoms with Crippen LogP contribution in [0.25, 0.3) is 0 Å². The Hall–Kier alpha value is -1.95. The highest BCUT2D eigenvalue weighted by Gasteiger charge is 2.09. The lowest BCUT2D eigenvalue weighted by Crippen LogP contribution is -2.23. The zero-order valence-electron chi connectivity index (χ0n) is 12.8. The van der Waals surface area contributed by atoms with Crippen molar-refractivity contribution >= 4 is 24.1 Å². The Morgan fingerprint density at radius 3 is 2.41 bits per heavy atom. The molecule has 2 aromatic rings. The number of hydrogen-bond donors (Lipinski definition) is 1. The van der Waals surface area contributed by atoms with Crippen molar-refractivity contribution in [3.8, 4) is 0 Å². The summed E-state index contributed by atoms with van der Waals surface area (Å²) in [6.07, 6.45) is 7.10. The molecule has 5 nitrogen and oxygen atoms in total. The summed E-state index contributed by atoms with van der Waals surface area (Å²) in [5.74, 6) is 0.752. The number of anilines is 1. The van der Waals surface area contributed by atoms with E-state index < -0.39 is 0 Å². The fraction of sp³-hybridized carbons (Fsp3) is 0.438. The summed E-state index contributed by atoms with van der Waals surface area (Å²) in [6, 6.07) is 8.55.